The number of nitrogens with one attached hydrogen (secondary N) is 1. The first kappa shape index (κ1) is 14.8. The summed E-state index contributed by atoms with van der Waals surface area (Å²) in [6.45, 7) is 2.40. The van der Waals surface area contributed by atoms with Crippen molar-refractivity contribution in [3.63, 3.8) is 0 Å². The number of anilines is 1. The van der Waals surface area contributed by atoms with Gasteiger partial charge >= 0.3 is 0 Å². The van der Waals surface area contributed by atoms with Crippen LogP contribution in [0, 0.1) is 10.1 Å². The number of rotatable bonds is 6. The molecule has 2 aromatic carbocycles. The van der Waals surface area contributed by atoms with Crippen LogP contribution in [0.3, 0.4) is 0 Å². The van der Waals surface area contributed by atoms with Crippen molar-refractivity contribution in [2.75, 3.05) is 12.4 Å². The first-order chi connectivity index (χ1) is 10.1. The van der Waals surface area contributed by atoms with E-state index in [0.717, 1.165) is 17.7 Å². The highest BCUT2D eigenvalue weighted by Crippen LogP contribution is 2.25. The molecule has 0 fully saturated rings. The fraction of sp³-hybridized carbons (Fsp3) is 0.250. The van der Waals surface area contributed by atoms with Crippen LogP contribution in [0.4, 0.5) is 11.4 Å². The third kappa shape index (κ3) is 3.72. The number of nitrogens with zero attached hydrogens (tertiary/aromatic N) is 1. The number of benzene rings is 2. The van der Waals surface area contributed by atoms with Crippen LogP contribution in [0.15, 0.2) is 42.5 Å². The molecule has 0 aliphatic heterocycles. The Labute approximate surface area is 123 Å². The Hall–Kier alpha value is -2.56. The third-order valence-corrected chi connectivity index (χ3v) is 3.27. The van der Waals surface area contributed by atoms with Gasteiger partial charge in [-0.25, -0.2) is 0 Å². The molecule has 0 aliphatic rings. The van der Waals surface area contributed by atoms with E-state index in [2.05, 4.69) is 12.2 Å². The van der Waals surface area contributed by atoms with Gasteiger partial charge in [-0.2, -0.15) is 0 Å². The molecule has 5 heteroatoms. The lowest BCUT2D eigenvalue weighted by atomic mass is 10.1. The molecule has 0 heterocycles. The maximum absolute atomic E-state index is 11.0. The van der Waals surface area contributed by atoms with Crippen LogP contribution in [-0.2, 0) is 13.0 Å². The van der Waals surface area contributed by atoms with Gasteiger partial charge in [0.15, 0.2) is 0 Å². The molecule has 0 atom stereocenters. The van der Waals surface area contributed by atoms with Crippen molar-refractivity contribution in [2.45, 2.75) is 20.0 Å². The van der Waals surface area contributed by atoms with E-state index in [9.17, 15) is 10.1 Å². The van der Waals surface area contributed by atoms with Crippen LogP contribution in [0.1, 0.15) is 18.1 Å². The summed E-state index contributed by atoms with van der Waals surface area (Å²) in [5.74, 6) is 0.757. The van der Waals surface area contributed by atoms with Crippen LogP contribution < -0.4 is 10.1 Å². The van der Waals surface area contributed by atoms with Crippen molar-refractivity contribution in [3.8, 4) is 5.75 Å². The molecule has 1 N–H and O–H groups in total. The van der Waals surface area contributed by atoms with Crippen LogP contribution >= 0.6 is 0 Å². The number of nitro groups is 1. The Kier molecular flexibility index (Phi) is 4.77. The summed E-state index contributed by atoms with van der Waals surface area (Å²) in [6, 6.07) is 12.9. The monoisotopic (exact) mass is 286 g/mol. The highest BCUT2D eigenvalue weighted by molar-refractivity contribution is 5.62. The molecule has 0 amide bonds. The molecule has 0 radical (unpaired) electrons. The van der Waals surface area contributed by atoms with Crippen molar-refractivity contribution in [1.29, 1.82) is 0 Å². The van der Waals surface area contributed by atoms with Gasteiger partial charge in [-0.1, -0.05) is 25.1 Å². The fourth-order valence-electron chi connectivity index (χ4n) is 2.02. The van der Waals surface area contributed by atoms with Gasteiger partial charge in [0, 0.05) is 13.1 Å². The Bertz CT molecular complexity index is 624. The summed E-state index contributed by atoms with van der Waals surface area (Å²) >= 11 is 0. The number of nitro benzene ring substituents is 1. The lowest BCUT2D eigenvalue weighted by molar-refractivity contribution is -0.384. The summed E-state index contributed by atoms with van der Waals surface area (Å²) in [5.41, 5.74) is 2.56. The van der Waals surface area contributed by atoms with Crippen LogP contribution in [0.5, 0.6) is 5.75 Å². The number of hydrogen-bond acceptors (Lipinski definition) is 4. The molecule has 110 valence electrons. The zero-order valence-electron chi connectivity index (χ0n) is 12.1. The second kappa shape index (κ2) is 6.74. The number of ether oxygens (including phenoxy) is 1. The van der Waals surface area contributed by atoms with E-state index < -0.39 is 4.92 Å². The zero-order chi connectivity index (χ0) is 15.2. The van der Waals surface area contributed by atoms with Gasteiger partial charge in [-0.05, 0) is 35.7 Å². The molecule has 2 aromatic rings. The van der Waals surface area contributed by atoms with Gasteiger partial charge in [-0.3, -0.25) is 10.1 Å². The van der Waals surface area contributed by atoms with Crippen molar-refractivity contribution < 1.29 is 9.66 Å². The van der Waals surface area contributed by atoms with E-state index >= 15 is 0 Å². The minimum atomic E-state index is -0.397. The van der Waals surface area contributed by atoms with Crippen molar-refractivity contribution in [1.82, 2.24) is 0 Å². The number of aryl methyl sites for hydroxylation is 1. The van der Waals surface area contributed by atoms with Crippen LogP contribution in [0.25, 0.3) is 0 Å². The molecule has 2 rings (SSSR count). The van der Waals surface area contributed by atoms with Crippen LogP contribution in [-0.4, -0.2) is 12.0 Å². The molecule has 0 aliphatic carbocycles. The molecule has 21 heavy (non-hydrogen) atoms. The van der Waals surface area contributed by atoms with E-state index in [4.69, 9.17) is 4.74 Å². The molecule has 0 bridgehead atoms. The SMILES string of the molecule is CCc1ccc(OCc2ccc(NC)c([N+](=O)[O-])c2)cc1. The molecule has 0 saturated carbocycles. The quantitative estimate of drug-likeness (QED) is 0.648. The molecule has 0 spiro atoms. The largest absolute Gasteiger partial charge is 0.489 e. The minimum absolute atomic E-state index is 0.0555. The average molecular weight is 286 g/mol. The summed E-state index contributed by atoms with van der Waals surface area (Å²) in [6.07, 6.45) is 0.984. The zero-order valence-corrected chi connectivity index (χ0v) is 12.1. The van der Waals surface area contributed by atoms with E-state index in [1.54, 1.807) is 13.1 Å². The fourth-order valence-corrected chi connectivity index (χ4v) is 2.02. The van der Waals surface area contributed by atoms with Gasteiger partial charge in [-0.15, -0.1) is 0 Å². The van der Waals surface area contributed by atoms with Gasteiger partial charge in [0.2, 0.25) is 0 Å². The third-order valence-electron chi connectivity index (χ3n) is 3.27. The highest BCUT2D eigenvalue weighted by atomic mass is 16.6. The summed E-state index contributed by atoms with van der Waals surface area (Å²) in [5, 5.41) is 13.8. The summed E-state index contributed by atoms with van der Waals surface area (Å²) in [4.78, 5) is 10.6. The maximum Gasteiger partial charge on any atom is 0.292 e. The van der Waals surface area contributed by atoms with Gasteiger partial charge in [0.05, 0.1) is 4.92 Å². The normalized spacial score (nSPS) is 10.2. The molecular formula is C16H18N2O3. The topological polar surface area (TPSA) is 64.4 Å². The molecule has 5 nitrogen and oxygen atoms in total. The second-order valence-electron chi connectivity index (χ2n) is 4.64. The van der Waals surface area contributed by atoms with Gasteiger partial charge in [0.1, 0.15) is 18.0 Å². The smallest absolute Gasteiger partial charge is 0.292 e. The Balaban J connectivity index is 2.08. The first-order valence-electron chi connectivity index (χ1n) is 6.81. The van der Waals surface area contributed by atoms with Crippen molar-refractivity contribution >= 4 is 11.4 Å². The van der Waals surface area contributed by atoms with E-state index in [1.165, 1.54) is 11.6 Å². The summed E-state index contributed by atoms with van der Waals surface area (Å²) < 4.78 is 5.66. The predicted octanol–water partition coefficient (Wildman–Crippen LogP) is 3.78. The van der Waals surface area contributed by atoms with Crippen molar-refractivity contribution in [3.05, 3.63) is 63.7 Å². The lowest BCUT2D eigenvalue weighted by Crippen LogP contribution is -2.00. The Morgan fingerprint density at radius 2 is 1.81 bits per heavy atom. The van der Waals surface area contributed by atoms with Crippen LogP contribution in [0.2, 0.25) is 0 Å². The first-order valence-corrected chi connectivity index (χ1v) is 6.81. The minimum Gasteiger partial charge on any atom is -0.489 e. The van der Waals surface area contributed by atoms with E-state index in [-0.39, 0.29) is 5.69 Å². The van der Waals surface area contributed by atoms with Gasteiger partial charge < -0.3 is 10.1 Å². The van der Waals surface area contributed by atoms with E-state index in [1.807, 2.05) is 30.3 Å². The Morgan fingerprint density at radius 3 is 2.38 bits per heavy atom. The molecule has 0 saturated heterocycles. The Morgan fingerprint density at radius 1 is 1.14 bits per heavy atom. The molecule has 0 aromatic heterocycles. The van der Waals surface area contributed by atoms with E-state index in [0.29, 0.717) is 12.3 Å². The maximum atomic E-state index is 11.0. The second-order valence-corrected chi connectivity index (χ2v) is 4.64. The highest BCUT2D eigenvalue weighted by Gasteiger charge is 2.13. The lowest BCUT2D eigenvalue weighted by Gasteiger charge is -2.08. The predicted molar refractivity (Wildman–Crippen MR) is 82.8 cm³/mol. The number of hydrogen-bond donors (Lipinski definition) is 1. The summed E-state index contributed by atoms with van der Waals surface area (Å²) in [7, 11) is 1.66. The molecule has 0 unspecified atom stereocenters. The standard InChI is InChI=1S/C16H18N2O3/c1-3-12-4-7-14(8-5-12)21-11-13-6-9-15(17-2)16(10-13)18(19)20/h4-10,17H,3,11H2,1-2H3. The van der Waals surface area contributed by atoms with Gasteiger partial charge in [0.25, 0.3) is 5.69 Å². The molecular weight excluding hydrogens is 268 g/mol. The van der Waals surface area contributed by atoms with Crippen molar-refractivity contribution in [2.24, 2.45) is 0 Å². The average Bonchev–Trinajstić information content (AvgIpc) is 2.53.